The van der Waals surface area contributed by atoms with Crippen molar-refractivity contribution in [2.24, 2.45) is 0 Å². The zero-order chi connectivity index (χ0) is 17.9. The number of hydrogen-bond acceptors (Lipinski definition) is 3. The summed E-state index contributed by atoms with van der Waals surface area (Å²) in [6.07, 6.45) is 6.78. The Bertz CT molecular complexity index is 619. The van der Waals surface area contributed by atoms with Gasteiger partial charge in [0.15, 0.2) is 17.2 Å². The SMILES string of the molecule is O=C1N(Cc2cccc(F)c2F)CCC[C@]1(O)CNC1CCCCC1. The van der Waals surface area contributed by atoms with Crippen LogP contribution in [0.5, 0.6) is 0 Å². The number of nitrogens with one attached hydrogen (secondary N) is 1. The van der Waals surface area contributed by atoms with Crippen molar-refractivity contribution in [1.82, 2.24) is 10.2 Å². The average Bonchev–Trinajstić information content (AvgIpc) is 2.62. The molecule has 0 aromatic heterocycles. The van der Waals surface area contributed by atoms with E-state index in [1.165, 1.54) is 36.3 Å². The van der Waals surface area contributed by atoms with Crippen molar-refractivity contribution in [2.75, 3.05) is 13.1 Å². The molecule has 1 aromatic rings. The molecule has 0 radical (unpaired) electrons. The first-order valence-corrected chi connectivity index (χ1v) is 9.18. The number of halogens is 2. The second-order valence-corrected chi connectivity index (χ2v) is 7.29. The minimum atomic E-state index is -1.46. The summed E-state index contributed by atoms with van der Waals surface area (Å²) in [6.45, 7) is 0.646. The highest BCUT2D eigenvalue weighted by Crippen LogP contribution is 2.26. The van der Waals surface area contributed by atoms with E-state index in [2.05, 4.69) is 5.32 Å². The van der Waals surface area contributed by atoms with Crippen molar-refractivity contribution in [3.8, 4) is 0 Å². The zero-order valence-corrected chi connectivity index (χ0v) is 14.4. The maximum absolute atomic E-state index is 13.9. The number of piperidine rings is 1. The van der Waals surface area contributed by atoms with Gasteiger partial charge in [-0.15, -0.1) is 0 Å². The van der Waals surface area contributed by atoms with Gasteiger partial charge in [-0.3, -0.25) is 4.79 Å². The third-order valence-electron chi connectivity index (χ3n) is 5.38. The Morgan fingerprint density at radius 3 is 2.72 bits per heavy atom. The van der Waals surface area contributed by atoms with Crippen LogP contribution in [-0.4, -0.2) is 40.6 Å². The highest BCUT2D eigenvalue weighted by Gasteiger charge is 2.42. The summed E-state index contributed by atoms with van der Waals surface area (Å²) in [4.78, 5) is 14.2. The van der Waals surface area contributed by atoms with Crippen molar-refractivity contribution in [2.45, 2.75) is 63.1 Å². The summed E-state index contributed by atoms with van der Waals surface area (Å²) in [5.41, 5.74) is -1.32. The number of likely N-dealkylation sites (tertiary alicyclic amines) is 1. The highest BCUT2D eigenvalue weighted by atomic mass is 19.2. The molecule has 2 aliphatic rings. The number of benzene rings is 1. The smallest absolute Gasteiger partial charge is 0.256 e. The minimum absolute atomic E-state index is 0.0197. The number of aliphatic hydroxyl groups is 1. The lowest BCUT2D eigenvalue weighted by atomic mass is 9.89. The Kier molecular flexibility index (Phi) is 5.69. The first kappa shape index (κ1) is 18.3. The molecule has 1 aromatic carbocycles. The van der Waals surface area contributed by atoms with Gasteiger partial charge in [-0.1, -0.05) is 31.4 Å². The van der Waals surface area contributed by atoms with Gasteiger partial charge in [-0.2, -0.15) is 0 Å². The molecule has 25 heavy (non-hydrogen) atoms. The fraction of sp³-hybridized carbons (Fsp3) is 0.632. The van der Waals surface area contributed by atoms with E-state index in [0.29, 0.717) is 25.4 Å². The first-order valence-electron chi connectivity index (χ1n) is 9.18. The summed E-state index contributed by atoms with van der Waals surface area (Å²) in [5, 5.41) is 14.2. The average molecular weight is 352 g/mol. The van der Waals surface area contributed by atoms with E-state index in [0.717, 1.165) is 18.9 Å². The monoisotopic (exact) mass is 352 g/mol. The molecule has 1 saturated heterocycles. The number of carbonyl (C=O) groups excluding carboxylic acids is 1. The van der Waals surface area contributed by atoms with Gasteiger partial charge < -0.3 is 15.3 Å². The molecule has 1 aliphatic heterocycles. The van der Waals surface area contributed by atoms with E-state index in [4.69, 9.17) is 0 Å². The number of hydrogen-bond donors (Lipinski definition) is 2. The molecular formula is C19H26F2N2O2. The summed E-state index contributed by atoms with van der Waals surface area (Å²) in [5.74, 6) is -2.24. The summed E-state index contributed by atoms with van der Waals surface area (Å²) in [6, 6.07) is 4.31. The summed E-state index contributed by atoms with van der Waals surface area (Å²) >= 11 is 0. The lowest BCUT2D eigenvalue weighted by molar-refractivity contribution is -0.157. The van der Waals surface area contributed by atoms with Gasteiger partial charge >= 0.3 is 0 Å². The maximum Gasteiger partial charge on any atom is 0.256 e. The van der Waals surface area contributed by atoms with E-state index < -0.39 is 23.1 Å². The topological polar surface area (TPSA) is 52.6 Å². The predicted molar refractivity (Wildman–Crippen MR) is 90.8 cm³/mol. The minimum Gasteiger partial charge on any atom is -0.379 e. The Labute approximate surface area is 147 Å². The lowest BCUT2D eigenvalue weighted by Crippen LogP contribution is -2.58. The second kappa shape index (κ2) is 7.79. The number of carbonyl (C=O) groups is 1. The van der Waals surface area contributed by atoms with E-state index in [-0.39, 0.29) is 18.7 Å². The van der Waals surface area contributed by atoms with Crippen LogP contribution in [0, 0.1) is 11.6 Å². The Morgan fingerprint density at radius 2 is 1.96 bits per heavy atom. The van der Waals surface area contributed by atoms with Gasteiger partial charge in [0.2, 0.25) is 0 Å². The van der Waals surface area contributed by atoms with Crippen molar-refractivity contribution in [3.63, 3.8) is 0 Å². The predicted octanol–water partition coefficient (Wildman–Crippen LogP) is 2.74. The Hall–Kier alpha value is -1.53. The maximum atomic E-state index is 13.9. The molecule has 1 heterocycles. The molecule has 6 heteroatoms. The van der Waals surface area contributed by atoms with Crippen LogP contribution in [0.15, 0.2) is 18.2 Å². The zero-order valence-electron chi connectivity index (χ0n) is 14.4. The largest absolute Gasteiger partial charge is 0.379 e. The van der Waals surface area contributed by atoms with Gasteiger partial charge in [-0.05, 0) is 31.7 Å². The van der Waals surface area contributed by atoms with Crippen molar-refractivity contribution < 1.29 is 18.7 Å². The van der Waals surface area contributed by atoms with E-state index in [1.54, 1.807) is 0 Å². The fourth-order valence-corrected chi connectivity index (χ4v) is 3.88. The van der Waals surface area contributed by atoms with Crippen LogP contribution >= 0.6 is 0 Å². The van der Waals surface area contributed by atoms with Crippen LogP contribution in [-0.2, 0) is 11.3 Å². The van der Waals surface area contributed by atoms with Crippen LogP contribution < -0.4 is 5.32 Å². The second-order valence-electron chi connectivity index (χ2n) is 7.29. The normalized spacial score (nSPS) is 25.4. The lowest BCUT2D eigenvalue weighted by Gasteiger charge is -2.39. The molecule has 138 valence electrons. The van der Waals surface area contributed by atoms with Gasteiger partial charge in [0, 0.05) is 31.2 Å². The molecule has 1 aliphatic carbocycles. The summed E-state index contributed by atoms with van der Waals surface area (Å²) in [7, 11) is 0. The molecule has 1 amide bonds. The van der Waals surface area contributed by atoms with E-state index in [9.17, 15) is 18.7 Å². The van der Waals surface area contributed by atoms with E-state index in [1.807, 2.05) is 0 Å². The Balaban J connectivity index is 1.64. The molecule has 4 nitrogen and oxygen atoms in total. The highest BCUT2D eigenvalue weighted by molar-refractivity contribution is 5.86. The summed E-state index contributed by atoms with van der Waals surface area (Å²) < 4.78 is 27.3. The quantitative estimate of drug-likeness (QED) is 0.857. The van der Waals surface area contributed by atoms with Crippen LogP contribution in [0.4, 0.5) is 8.78 Å². The standard InChI is InChI=1S/C19H26F2N2O2/c20-16-9-4-6-14(17(16)21)12-23-11-5-10-19(25,18(23)24)13-22-15-7-2-1-3-8-15/h4,6,9,15,22,25H,1-3,5,7-8,10-13H2/t19-/m0/s1. The Morgan fingerprint density at radius 1 is 1.20 bits per heavy atom. The van der Waals surface area contributed by atoms with Gasteiger partial charge in [0.1, 0.15) is 0 Å². The molecule has 2 fully saturated rings. The third kappa shape index (κ3) is 4.18. The number of rotatable bonds is 5. The first-order chi connectivity index (χ1) is 12.0. The van der Waals surface area contributed by atoms with Crippen molar-refractivity contribution in [3.05, 3.63) is 35.4 Å². The molecule has 0 spiro atoms. The molecule has 1 atom stereocenters. The molecular weight excluding hydrogens is 326 g/mol. The van der Waals surface area contributed by atoms with Crippen LogP contribution in [0.3, 0.4) is 0 Å². The number of amides is 1. The van der Waals surface area contributed by atoms with Crippen LogP contribution in [0.1, 0.15) is 50.5 Å². The molecule has 1 saturated carbocycles. The number of nitrogens with zero attached hydrogens (tertiary/aromatic N) is 1. The van der Waals surface area contributed by atoms with Crippen LogP contribution in [0.25, 0.3) is 0 Å². The molecule has 0 bridgehead atoms. The fourth-order valence-electron chi connectivity index (χ4n) is 3.88. The van der Waals surface area contributed by atoms with Gasteiger partial charge in [0.25, 0.3) is 5.91 Å². The van der Waals surface area contributed by atoms with Gasteiger partial charge in [0.05, 0.1) is 0 Å². The third-order valence-corrected chi connectivity index (χ3v) is 5.38. The van der Waals surface area contributed by atoms with Gasteiger partial charge in [-0.25, -0.2) is 8.78 Å². The molecule has 2 N–H and O–H groups in total. The van der Waals surface area contributed by atoms with Crippen LogP contribution in [0.2, 0.25) is 0 Å². The van der Waals surface area contributed by atoms with Crippen molar-refractivity contribution in [1.29, 1.82) is 0 Å². The molecule has 3 rings (SSSR count). The van der Waals surface area contributed by atoms with Crippen molar-refractivity contribution >= 4 is 5.91 Å². The molecule has 0 unspecified atom stereocenters. The van der Waals surface area contributed by atoms with E-state index >= 15 is 0 Å².